The quantitative estimate of drug-likeness (QED) is 0.791. The Morgan fingerprint density at radius 3 is 3.05 bits per heavy atom. The second-order valence-electron chi connectivity index (χ2n) is 4.46. The maximum atomic E-state index is 12.1. The monoisotopic (exact) mass is 267 g/mol. The van der Waals surface area contributed by atoms with Crippen LogP contribution in [0, 0.1) is 6.92 Å². The molecule has 0 atom stereocenters. The van der Waals surface area contributed by atoms with E-state index < -0.39 is 0 Å². The molecule has 5 nitrogen and oxygen atoms in total. The Morgan fingerprint density at radius 1 is 1.35 bits per heavy atom. The SMILES string of the molecule is Cc1nc2ccc(C(=O)NCc3cccnc3)cc2o1. The van der Waals surface area contributed by atoms with Gasteiger partial charge in [-0.25, -0.2) is 4.98 Å². The molecular weight excluding hydrogens is 254 g/mol. The number of amides is 1. The number of hydrogen-bond donors (Lipinski definition) is 1. The average molecular weight is 267 g/mol. The van der Waals surface area contributed by atoms with E-state index in [0.717, 1.165) is 11.1 Å². The fourth-order valence-electron chi connectivity index (χ4n) is 1.97. The van der Waals surface area contributed by atoms with E-state index >= 15 is 0 Å². The van der Waals surface area contributed by atoms with Crippen molar-refractivity contribution in [3.8, 4) is 0 Å². The van der Waals surface area contributed by atoms with Gasteiger partial charge in [0.25, 0.3) is 5.91 Å². The molecular formula is C15H13N3O2. The summed E-state index contributed by atoms with van der Waals surface area (Å²) in [5.74, 6) is 0.442. The first-order valence-electron chi connectivity index (χ1n) is 6.27. The van der Waals surface area contributed by atoms with Gasteiger partial charge in [-0.05, 0) is 29.8 Å². The summed E-state index contributed by atoms with van der Waals surface area (Å²) >= 11 is 0. The summed E-state index contributed by atoms with van der Waals surface area (Å²) in [4.78, 5) is 20.3. The summed E-state index contributed by atoms with van der Waals surface area (Å²) in [6.45, 7) is 2.22. The smallest absolute Gasteiger partial charge is 0.251 e. The Morgan fingerprint density at radius 2 is 2.25 bits per heavy atom. The lowest BCUT2D eigenvalue weighted by Crippen LogP contribution is -2.22. The fraction of sp³-hybridized carbons (Fsp3) is 0.133. The van der Waals surface area contributed by atoms with Gasteiger partial charge in [-0.3, -0.25) is 9.78 Å². The zero-order valence-electron chi connectivity index (χ0n) is 11.0. The van der Waals surface area contributed by atoms with Gasteiger partial charge in [0.2, 0.25) is 0 Å². The first kappa shape index (κ1) is 12.3. The van der Waals surface area contributed by atoms with E-state index in [1.807, 2.05) is 12.1 Å². The number of pyridine rings is 1. The minimum Gasteiger partial charge on any atom is -0.441 e. The van der Waals surface area contributed by atoms with Crippen LogP contribution >= 0.6 is 0 Å². The molecule has 0 spiro atoms. The molecule has 0 aliphatic carbocycles. The largest absolute Gasteiger partial charge is 0.441 e. The van der Waals surface area contributed by atoms with Gasteiger partial charge in [0.15, 0.2) is 11.5 Å². The van der Waals surface area contributed by atoms with E-state index in [2.05, 4.69) is 15.3 Å². The molecule has 0 saturated carbocycles. The van der Waals surface area contributed by atoms with Gasteiger partial charge in [-0.15, -0.1) is 0 Å². The van der Waals surface area contributed by atoms with E-state index in [-0.39, 0.29) is 5.91 Å². The van der Waals surface area contributed by atoms with E-state index in [0.29, 0.717) is 23.6 Å². The topological polar surface area (TPSA) is 68.0 Å². The Kier molecular flexibility index (Phi) is 3.16. The lowest BCUT2D eigenvalue weighted by atomic mass is 10.2. The van der Waals surface area contributed by atoms with Crippen LogP contribution in [0.3, 0.4) is 0 Å². The molecule has 20 heavy (non-hydrogen) atoms. The van der Waals surface area contributed by atoms with Gasteiger partial charge >= 0.3 is 0 Å². The van der Waals surface area contributed by atoms with Gasteiger partial charge in [-0.1, -0.05) is 6.07 Å². The number of nitrogens with zero attached hydrogens (tertiary/aromatic N) is 2. The van der Waals surface area contributed by atoms with Crippen LogP contribution in [0.1, 0.15) is 21.8 Å². The fourth-order valence-corrected chi connectivity index (χ4v) is 1.97. The number of benzene rings is 1. The highest BCUT2D eigenvalue weighted by Gasteiger charge is 2.09. The predicted octanol–water partition coefficient (Wildman–Crippen LogP) is 2.46. The molecule has 3 aromatic rings. The number of carbonyl (C=O) groups is 1. The van der Waals surface area contributed by atoms with Crippen molar-refractivity contribution in [1.29, 1.82) is 0 Å². The highest BCUT2D eigenvalue weighted by atomic mass is 16.3. The van der Waals surface area contributed by atoms with Gasteiger partial charge in [0.05, 0.1) is 0 Å². The second-order valence-corrected chi connectivity index (χ2v) is 4.46. The standard InChI is InChI=1S/C15H13N3O2/c1-10-18-13-5-4-12(7-14(13)20-10)15(19)17-9-11-3-2-6-16-8-11/h2-8H,9H2,1H3,(H,17,19). The minimum absolute atomic E-state index is 0.148. The van der Waals surface area contributed by atoms with Gasteiger partial charge < -0.3 is 9.73 Å². The third kappa shape index (κ3) is 2.51. The molecule has 0 aliphatic rings. The summed E-state index contributed by atoms with van der Waals surface area (Å²) < 4.78 is 5.42. The minimum atomic E-state index is -0.148. The van der Waals surface area contributed by atoms with Crippen molar-refractivity contribution >= 4 is 17.0 Å². The van der Waals surface area contributed by atoms with Crippen molar-refractivity contribution in [2.24, 2.45) is 0 Å². The zero-order chi connectivity index (χ0) is 13.9. The molecule has 0 saturated heterocycles. The van der Waals surface area contributed by atoms with Crippen LogP contribution in [0.4, 0.5) is 0 Å². The number of aromatic nitrogens is 2. The third-order valence-electron chi connectivity index (χ3n) is 2.93. The maximum absolute atomic E-state index is 12.1. The molecule has 0 aliphatic heterocycles. The van der Waals surface area contributed by atoms with Crippen LogP contribution in [-0.2, 0) is 6.54 Å². The maximum Gasteiger partial charge on any atom is 0.251 e. The van der Waals surface area contributed by atoms with Crippen LogP contribution in [0.15, 0.2) is 47.1 Å². The number of hydrogen-bond acceptors (Lipinski definition) is 4. The second kappa shape index (κ2) is 5.13. The Labute approximate surface area is 115 Å². The molecule has 1 aromatic carbocycles. The van der Waals surface area contributed by atoms with Crippen molar-refractivity contribution in [1.82, 2.24) is 15.3 Å². The van der Waals surface area contributed by atoms with Gasteiger partial charge in [0, 0.05) is 31.4 Å². The lowest BCUT2D eigenvalue weighted by molar-refractivity contribution is 0.0951. The van der Waals surface area contributed by atoms with Crippen LogP contribution in [0.25, 0.3) is 11.1 Å². The molecule has 0 unspecified atom stereocenters. The molecule has 5 heteroatoms. The molecule has 3 rings (SSSR count). The summed E-state index contributed by atoms with van der Waals surface area (Å²) in [7, 11) is 0. The highest BCUT2D eigenvalue weighted by molar-refractivity contribution is 5.96. The number of nitrogens with one attached hydrogen (secondary N) is 1. The molecule has 2 aromatic heterocycles. The predicted molar refractivity (Wildman–Crippen MR) is 74.2 cm³/mol. The Hall–Kier alpha value is -2.69. The first-order chi connectivity index (χ1) is 9.72. The molecule has 100 valence electrons. The molecule has 1 amide bonds. The van der Waals surface area contributed by atoms with Gasteiger partial charge in [0.1, 0.15) is 5.52 Å². The van der Waals surface area contributed by atoms with Crippen LogP contribution in [-0.4, -0.2) is 15.9 Å². The number of oxazole rings is 1. The summed E-state index contributed by atoms with van der Waals surface area (Å²) in [6.07, 6.45) is 3.43. The average Bonchev–Trinajstić information content (AvgIpc) is 2.85. The van der Waals surface area contributed by atoms with Crippen LogP contribution in [0.2, 0.25) is 0 Å². The number of carbonyl (C=O) groups excluding carboxylic acids is 1. The first-order valence-corrected chi connectivity index (χ1v) is 6.27. The Balaban J connectivity index is 1.75. The number of rotatable bonds is 3. The Bertz CT molecular complexity index is 750. The summed E-state index contributed by atoms with van der Waals surface area (Å²) in [6, 6.07) is 8.97. The third-order valence-corrected chi connectivity index (χ3v) is 2.93. The van der Waals surface area contributed by atoms with Crippen molar-refractivity contribution in [3.05, 3.63) is 59.7 Å². The van der Waals surface area contributed by atoms with Crippen LogP contribution in [0.5, 0.6) is 0 Å². The van der Waals surface area contributed by atoms with Crippen molar-refractivity contribution in [2.75, 3.05) is 0 Å². The van der Waals surface area contributed by atoms with Crippen molar-refractivity contribution in [2.45, 2.75) is 13.5 Å². The number of fused-ring (bicyclic) bond motifs is 1. The van der Waals surface area contributed by atoms with Crippen LogP contribution < -0.4 is 5.32 Å². The van der Waals surface area contributed by atoms with E-state index in [9.17, 15) is 4.79 Å². The van der Waals surface area contributed by atoms with Gasteiger partial charge in [-0.2, -0.15) is 0 Å². The highest BCUT2D eigenvalue weighted by Crippen LogP contribution is 2.16. The zero-order valence-corrected chi connectivity index (χ0v) is 11.0. The normalized spacial score (nSPS) is 10.7. The van der Waals surface area contributed by atoms with Crippen molar-refractivity contribution in [3.63, 3.8) is 0 Å². The van der Waals surface area contributed by atoms with Crippen molar-refractivity contribution < 1.29 is 9.21 Å². The molecule has 0 fully saturated rings. The summed E-state index contributed by atoms with van der Waals surface area (Å²) in [5, 5.41) is 2.85. The van der Waals surface area contributed by atoms with E-state index in [1.165, 1.54) is 0 Å². The lowest BCUT2D eigenvalue weighted by Gasteiger charge is -2.04. The molecule has 1 N–H and O–H groups in total. The molecule has 0 bridgehead atoms. The number of aryl methyl sites for hydroxylation is 1. The summed E-state index contributed by atoms with van der Waals surface area (Å²) in [5.41, 5.74) is 2.89. The molecule has 2 heterocycles. The molecule has 0 radical (unpaired) electrons. The van der Waals surface area contributed by atoms with E-state index in [4.69, 9.17) is 4.42 Å². The van der Waals surface area contributed by atoms with E-state index in [1.54, 1.807) is 37.5 Å².